The maximum absolute atomic E-state index is 12.4. The molecule has 0 spiro atoms. The number of nitrogens with zero attached hydrogens (tertiary/aromatic N) is 1. The van der Waals surface area contributed by atoms with Gasteiger partial charge in [0.15, 0.2) is 5.96 Å². The van der Waals surface area contributed by atoms with Crippen molar-refractivity contribution >= 4 is 17.7 Å². The topological polar surface area (TPSA) is 45.7 Å². The number of aliphatic imine (C=N–C) groups is 1. The molecule has 22 heavy (non-hydrogen) atoms. The molecule has 2 N–H and O–H groups in total. The van der Waals surface area contributed by atoms with E-state index < -0.39 is 6.61 Å². The first kappa shape index (κ1) is 18.5. The van der Waals surface area contributed by atoms with Gasteiger partial charge in [-0.25, -0.2) is 0 Å². The lowest BCUT2D eigenvalue weighted by Gasteiger charge is -2.14. The smallest absolute Gasteiger partial charge is 0.387 e. The Hall–Kier alpha value is -1.50. The molecule has 0 aliphatic carbocycles. The molecule has 0 saturated carbocycles. The molecule has 0 saturated heterocycles. The summed E-state index contributed by atoms with van der Waals surface area (Å²) in [4.78, 5) is 4.11. The summed E-state index contributed by atoms with van der Waals surface area (Å²) in [7, 11) is 1.68. The number of unbranched alkanes of at least 4 members (excludes halogenated alkanes) is 1. The maximum atomic E-state index is 12.4. The van der Waals surface area contributed by atoms with Crippen molar-refractivity contribution in [1.29, 1.82) is 0 Å². The van der Waals surface area contributed by atoms with Crippen molar-refractivity contribution in [3.05, 3.63) is 29.8 Å². The van der Waals surface area contributed by atoms with Gasteiger partial charge in [0, 0.05) is 25.7 Å². The van der Waals surface area contributed by atoms with Crippen LogP contribution in [0.15, 0.2) is 29.3 Å². The monoisotopic (exact) mass is 331 g/mol. The lowest BCUT2D eigenvalue weighted by Crippen LogP contribution is -2.37. The minimum atomic E-state index is -2.82. The van der Waals surface area contributed by atoms with Crippen molar-refractivity contribution in [1.82, 2.24) is 10.6 Å². The Labute approximate surface area is 134 Å². The third kappa shape index (κ3) is 7.49. The van der Waals surface area contributed by atoms with Gasteiger partial charge in [-0.15, -0.1) is 0 Å². The molecule has 7 heteroatoms. The molecule has 1 rings (SSSR count). The molecule has 0 atom stereocenters. The van der Waals surface area contributed by atoms with Crippen LogP contribution in [0.25, 0.3) is 0 Å². The second-order valence-electron chi connectivity index (χ2n) is 4.54. The van der Waals surface area contributed by atoms with Crippen molar-refractivity contribution < 1.29 is 13.5 Å². The number of hydrogen-bond donors (Lipinski definition) is 2. The summed E-state index contributed by atoms with van der Waals surface area (Å²) in [6, 6.07) is 6.73. The quantitative estimate of drug-likeness (QED) is 0.415. The Kier molecular flexibility index (Phi) is 9.37. The van der Waals surface area contributed by atoms with E-state index in [9.17, 15) is 8.78 Å². The summed E-state index contributed by atoms with van der Waals surface area (Å²) in [5.41, 5.74) is 0.660. The van der Waals surface area contributed by atoms with Gasteiger partial charge >= 0.3 is 6.61 Å². The van der Waals surface area contributed by atoms with Crippen molar-refractivity contribution in [2.75, 3.05) is 25.6 Å². The third-order valence-corrected chi connectivity index (χ3v) is 3.62. The summed E-state index contributed by atoms with van der Waals surface area (Å²) in [6.45, 7) is -1.63. The fraction of sp³-hybridized carbons (Fsp3) is 0.533. The van der Waals surface area contributed by atoms with Gasteiger partial charge in [0.2, 0.25) is 0 Å². The van der Waals surface area contributed by atoms with Crippen LogP contribution in [0.5, 0.6) is 5.75 Å². The minimum Gasteiger partial charge on any atom is -0.434 e. The number of alkyl halides is 2. The molecule has 0 heterocycles. The Morgan fingerprint density at radius 1 is 1.27 bits per heavy atom. The van der Waals surface area contributed by atoms with Crippen LogP contribution in [0.3, 0.4) is 0 Å². The molecule has 0 amide bonds. The number of hydrogen-bond acceptors (Lipinski definition) is 3. The van der Waals surface area contributed by atoms with Crippen LogP contribution < -0.4 is 15.4 Å². The maximum Gasteiger partial charge on any atom is 0.387 e. The van der Waals surface area contributed by atoms with Crippen molar-refractivity contribution in [2.24, 2.45) is 4.99 Å². The van der Waals surface area contributed by atoms with Gasteiger partial charge in [-0.3, -0.25) is 4.99 Å². The number of halogens is 2. The highest BCUT2D eigenvalue weighted by atomic mass is 32.2. The highest BCUT2D eigenvalue weighted by molar-refractivity contribution is 7.98. The number of rotatable bonds is 9. The summed E-state index contributed by atoms with van der Waals surface area (Å²) in [6.07, 6.45) is 4.30. The average molecular weight is 331 g/mol. The van der Waals surface area contributed by atoms with Crippen molar-refractivity contribution in [3.63, 3.8) is 0 Å². The van der Waals surface area contributed by atoms with Crippen LogP contribution in [0.4, 0.5) is 8.78 Å². The Morgan fingerprint density at radius 2 is 2.05 bits per heavy atom. The van der Waals surface area contributed by atoms with Crippen LogP contribution in [0.1, 0.15) is 18.4 Å². The molecule has 0 bridgehead atoms. The molecule has 1 aromatic rings. The Balaban J connectivity index is 2.43. The number of thioether (sulfide) groups is 1. The number of para-hydroxylation sites is 1. The molecule has 0 aliphatic rings. The van der Waals surface area contributed by atoms with E-state index >= 15 is 0 Å². The molecule has 1 aromatic carbocycles. The largest absolute Gasteiger partial charge is 0.434 e. The predicted molar refractivity (Wildman–Crippen MR) is 88.9 cm³/mol. The van der Waals surface area contributed by atoms with E-state index in [-0.39, 0.29) is 5.75 Å². The van der Waals surface area contributed by atoms with Crippen LogP contribution in [-0.4, -0.2) is 38.2 Å². The summed E-state index contributed by atoms with van der Waals surface area (Å²) in [5, 5.41) is 6.30. The van der Waals surface area contributed by atoms with Gasteiger partial charge in [0.1, 0.15) is 5.75 Å². The number of guanidine groups is 1. The fourth-order valence-electron chi connectivity index (χ4n) is 1.84. The summed E-state index contributed by atoms with van der Waals surface area (Å²) >= 11 is 1.83. The normalized spacial score (nSPS) is 11.6. The van der Waals surface area contributed by atoms with Gasteiger partial charge in [-0.2, -0.15) is 20.5 Å². The zero-order valence-corrected chi connectivity index (χ0v) is 13.8. The average Bonchev–Trinajstić information content (AvgIpc) is 2.51. The minimum absolute atomic E-state index is 0.181. The summed E-state index contributed by atoms with van der Waals surface area (Å²) < 4.78 is 29.2. The first-order valence-electron chi connectivity index (χ1n) is 7.13. The molecular weight excluding hydrogens is 308 g/mol. The number of benzene rings is 1. The molecule has 0 aliphatic heterocycles. The van der Waals surface area contributed by atoms with Gasteiger partial charge in [0.25, 0.3) is 0 Å². The zero-order chi connectivity index (χ0) is 16.2. The lowest BCUT2D eigenvalue weighted by atomic mass is 10.2. The predicted octanol–water partition coefficient (Wildman–Crippen LogP) is 3.10. The number of nitrogens with one attached hydrogen (secondary N) is 2. The van der Waals surface area contributed by atoms with Gasteiger partial charge in [-0.1, -0.05) is 18.2 Å². The van der Waals surface area contributed by atoms with Gasteiger partial charge in [-0.05, 0) is 30.9 Å². The Morgan fingerprint density at radius 3 is 2.73 bits per heavy atom. The second-order valence-corrected chi connectivity index (χ2v) is 5.52. The fourth-order valence-corrected chi connectivity index (χ4v) is 2.33. The molecule has 0 radical (unpaired) electrons. The van der Waals surface area contributed by atoms with Crippen molar-refractivity contribution in [2.45, 2.75) is 26.0 Å². The summed E-state index contributed by atoms with van der Waals surface area (Å²) in [5.74, 6) is 1.97. The molecule has 4 nitrogen and oxygen atoms in total. The van der Waals surface area contributed by atoms with E-state index in [1.54, 1.807) is 25.2 Å². The molecule has 0 unspecified atom stereocenters. The van der Waals surface area contributed by atoms with E-state index in [1.807, 2.05) is 11.8 Å². The van der Waals surface area contributed by atoms with Crippen molar-refractivity contribution in [3.8, 4) is 5.75 Å². The van der Waals surface area contributed by atoms with E-state index in [0.29, 0.717) is 18.1 Å². The third-order valence-electron chi connectivity index (χ3n) is 2.93. The first-order valence-corrected chi connectivity index (χ1v) is 8.53. The van der Waals surface area contributed by atoms with E-state index in [0.717, 1.165) is 25.1 Å². The standard InChI is InChI=1S/C15H23F2N3OS/c1-18-15(19-9-5-6-10-22-2)20-11-12-7-3-4-8-13(12)21-14(16)17/h3-4,7-8,14H,5-6,9-11H2,1-2H3,(H2,18,19,20). The molecule has 124 valence electrons. The van der Waals surface area contributed by atoms with E-state index in [4.69, 9.17) is 0 Å². The number of ether oxygens (including phenoxy) is 1. The van der Waals surface area contributed by atoms with E-state index in [1.165, 1.54) is 6.07 Å². The van der Waals surface area contributed by atoms with Crippen LogP contribution >= 0.6 is 11.8 Å². The first-order chi connectivity index (χ1) is 10.7. The van der Waals surface area contributed by atoms with Crippen LogP contribution in [0.2, 0.25) is 0 Å². The van der Waals surface area contributed by atoms with Gasteiger partial charge in [0.05, 0.1) is 0 Å². The molecular formula is C15H23F2N3OS. The molecule has 0 aromatic heterocycles. The van der Waals surface area contributed by atoms with Crippen LogP contribution in [0, 0.1) is 0 Å². The van der Waals surface area contributed by atoms with E-state index in [2.05, 4.69) is 26.6 Å². The highest BCUT2D eigenvalue weighted by Gasteiger charge is 2.09. The van der Waals surface area contributed by atoms with Gasteiger partial charge < -0.3 is 15.4 Å². The molecule has 0 fully saturated rings. The second kappa shape index (κ2) is 11.1. The van der Waals surface area contributed by atoms with Crippen LogP contribution in [-0.2, 0) is 6.54 Å². The zero-order valence-electron chi connectivity index (χ0n) is 12.9. The highest BCUT2D eigenvalue weighted by Crippen LogP contribution is 2.19. The lowest BCUT2D eigenvalue weighted by molar-refractivity contribution is -0.0504. The Bertz CT molecular complexity index is 458. The SMILES string of the molecule is CN=C(NCCCCSC)NCc1ccccc1OC(F)F.